The second-order valence-electron chi connectivity index (χ2n) is 4.09. The topological polar surface area (TPSA) is 58.6 Å². The number of halogens is 5. The summed E-state index contributed by atoms with van der Waals surface area (Å²) in [6, 6.07) is 4.43. The molecule has 0 bridgehead atoms. The fourth-order valence-corrected chi connectivity index (χ4v) is 1.94. The number of aliphatic hydroxyl groups is 1. The van der Waals surface area contributed by atoms with Crippen LogP contribution in [0.4, 0.5) is 13.2 Å². The highest BCUT2D eigenvalue weighted by molar-refractivity contribution is 6.35. The molecule has 21 heavy (non-hydrogen) atoms. The highest BCUT2D eigenvalue weighted by Gasteiger charge is 2.27. The molecule has 4 nitrogen and oxygen atoms in total. The number of alkyl halides is 3. The highest BCUT2D eigenvalue weighted by atomic mass is 35.5. The summed E-state index contributed by atoms with van der Waals surface area (Å²) in [4.78, 5) is 11.2. The molecule has 0 fully saturated rings. The smallest absolute Gasteiger partial charge is 0.387 e. The number of carbonyl (C=O) groups is 1. The Morgan fingerprint density at radius 1 is 1.38 bits per heavy atom. The van der Waals surface area contributed by atoms with Crippen molar-refractivity contribution in [2.24, 2.45) is 0 Å². The molecule has 118 valence electrons. The van der Waals surface area contributed by atoms with Crippen molar-refractivity contribution in [3.8, 4) is 0 Å². The molecule has 1 amide bonds. The van der Waals surface area contributed by atoms with Crippen LogP contribution in [-0.2, 0) is 9.53 Å². The average Bonchev–Trinajstić information content (AvgIpc) is 2.34. The minimum Gasteiger partial charge on any atom is -0.387 e. The monoisotopic (exact) mass is 345 g/mol. The summed E-state index contributed by atoms with van der Waals surface area (Å²) in [7, 11) is 0. The summed E-state index contributed by atoms with van der Waals surface area (Å²) in [6.45, 7) is -2.47. The van der Waals surface area contributed by atoms with E-state index in [9.17, 15) is 23.1 Å². The molecular weight excluding hydrogens is 334 g/mol. The van der Waals surface area contributed by atoms with Crippen LogP contribution in [0.2, 0.25) is 10.0 Å². The summed E-state index contributed by atoms with van der Waals surface area (Å²) < 4.78 is 39.6. The van der Waals surface area contributed by atoms with Gasteiger partial charge in [0.15, 0.2) is 0 Å². The van der Waals surface area contributed by atoms with Crippen molar-refractivity contribution in [2.45, 2.75) is 12.3 Å². The Morgan fingerprint density at radius 3 is 2.62 bits per heavy atom. The van der Waals surface area contributed by atoms with E-state index < -0.39 is 31.4 Å². The molecule has 0 aliphatic carbocycles. The normalized spacial score (nSPS) is 13.0. The fourth-order valence-electron chi connectivity index (χ4n) is 1.40. The Balaban J connectivity index is 2.38. The van der Waals surface area contributed by atoms with Crippen molar-refractivity contribution in [3.05, 3.63) is 33.8 Å². The number of amides is 1. The SMILES string of the molecule is O=C(COCC(F)(F)F)NC[C@@H](O)c1ccc(Cl)cc1Cl. The largest absolute Gasteiger partial charge is 0.411 e. The third kappa shape index (κ3) is 6.99. The molecule has 0 aromatic heterocycles. The summed E-state index contributed by atoms with van der Waals surface area (Å²) in [5.74, 6) is -0.775. The first-order valence-corrected chi connectivity index (χ1v) is 6.49. The van der Waals surface area contributed by atoms with Gasteiger partial charge in [0.25, 0.3) is 0 Å². The Hall–Kier alpha value is -1.02. The van der Waals surface area contributed by atoms with Crippen molar-refractivity contribution in [1.82, 2.24) is 5.32 Å². The molecule has 1 aromatic carbocycles. The molecule has 0 unspecified atom stereocenters. The van der Waals surface area contributed by atoms with Crippen LogP contribution in [0.5, 0.6) is 0 Å². The number of hydrogen-bond acceptors (Lipinski definition) is 3. The van der Waals surface area contributed by atoms with Gasteiger partial charge in [0.2, 0.25) is 5.91 Å². The quantitative estimate of drug-likeness (QED) is 0.833. The van der Waals surface area contributed by atoms with Crippen LogP contribution in [0.15, 0.2) is 18.2 Å². The molecule has 1 aromatic rings. The summed E-state index contributed by atoms with van der Waals surface area (Å²) in [6.07, 6.45) is -5.60. The van der Waals surface area contributed by atoms with Crippen molar-refractivity contribution >= 4 is 29.1 Å². The van der Waals surface area contributed by atoms with E-state index in [1.54, 1.807) is 0 Å². The van der Waals surface area contributed by atoms with Crippen LogP contribution >= 0.6 is 23.2 Å². The first-order chi connectivity index (χ1) is 9.69. The van der Waals surface area contributed by atoms with E-state index in [0.29, 0.717) is 10.6 Å². The van der Waals surface area contributed by atoms with Gasteiger partial charge in [0, 0.05) is 22.2 Å². The van der Waals surface area contributed by atoms with Gasteiger partial charge in [-0.2, -0.15) is 13.2 Å². The highest BCUT2D eigenvalue weighted by Crippen LogP contribution is 2.25. The maximum absolute atomic E-state index is 11.8. The maximum atomic E-state index is 11.8. The van der Waals surface area contributed by atoms with Crippen molar-refractivity contribution in [3.63, 3.8) is 0 Å². The lowest BCUT2D eigenvalue weighted by molar-refractivity contribution is -0.175. The van der Waals surface area contributed by atoms with Gasteiger partial charge in [0.05, 0.1) is 6.10 Å². The van der Waals surface area contributed by atoms with Gasteiger partial charge in [-0.1, -0.05) is 29.3 Å². The lowest BCUT2D eigenvalue weighted by Crippen LogP contribution is -2.32. The lowest BCUT2D eigenvalue weighted by atomic mass is 10.1. The Morgan fingerprint density at radius 2 is 2.05 bits per heavy atom. The van der Waals surface area contributed by atoms with Gasteiger partial charge in [-0.05, 0) is 12.1 Å². The van der Waals surface area contributed by atoms with E-state index in [2.05, 4.69) is 10.1 Å². The van der Waals surface area contributed by atoms with Crippen LogP contribution in [0.3, 0.4) is 0 Å². The molecule has 0 saturated heterocycles. The van der Waals surface area contributed by atoms with Crippen molar-refractivity contribution in [1.29, 1.82) is 0 Å². The van der Waals surface area contributed by atoms with Crippen LogP contribution in [0.25, 0.3) is 0 Å². The minimum absolute atomic E-state index is 0.213. The number of benzene rings is 1. The van der Waals surface area contributed by atoms with Gasteiger partial charge in [-0.3, -0.25) is 4.79 Å². The molecule has 0 heterocycles. The predicted molar refractivity (Wildman–Crippen MR) is 71.3 cm³/mol. The Kier molecular flexibility index (Phi) is 6.73. The summed E-state index contributed by atoms with van der Waals surface area (Å²) in [5, 5.41) is 12.7. The molecule has 0 spiro atoms. The molecule has 0 aliphatic heterocycles. The van der Waals surface area contributed by atoms with Crippen LogP contribution in [0.1, 0.15) is 11.7 Å². The van der Waals surface area contributed by atoms with E-state index in [1.165, 1.54) is 18.2 Å². The molecule has 9 heteroatoms. The second kappa shape index (κ2) is 7.84. The van der Waals surface area contributed by atoms with Gasteiger partial charge in [0.1, 0.15) is 13.2 Å². The molecule has 2 N–H and O–H groups in total. The van der Waals surface area contributed by atoms with Gasteiger partial charge >= 0.3 is 6.18 Å². The third-order valence-corrected chi connectivity index (χ3v) is 2.88. The van der Waals surface area contributed by atoms with Gasteiger partial charge < -0.3 is 15.2 Å². The lowest BCUT2D eigenvalue weighted by Gasteiger charge is -2.14. The van der Waals surface area contributed by atoms with Gasteiger partial charge in [-0.15, -0.1) is 0 Å². The Bertz CT molecular complexity index is 497. The molecule has 1 rings (SSSR count). The summed E-state index contributed by atoms with van der Waals surface area (Å²) >= 11 is 11.6. The minimum atomic E-state index is -4.49. The number of aliphatic hydroxyl groups excluding tert-OH is 1. The van der Waals surface area contributed by atoms with Crippen LogP contribution < -0.4 is 5.32 Å². The Labute approximate surface area is 128 Å². The molecule has 0 radical (unpaired) electrons. The molecule has 0 aliphatic rings. The average molecular weight is 346 g/mol. The number of carbonyl (C=O) groups excluding carboxylic acids is 1. The number of hydrogen-bond donors (Lipinski definition) is 2. The molecule has 0 saturated carbocycles. The van der Waals surface area contributed by atoms with E-state index in [0.717, 1.165) is 0 Å². The number of rotatable bonds is 6. The van der Waals surface area contributed by atoms with E-state index in [1.807, 2.05) is 0 Å². The van der Waals surface area contributed by atoms with Crippen LogP contribution in [0, 0.1) is 0 Å². The maximum Gasteiger partial charge on any atom is 0.411 e. The van der Waals surface area contributed by atoms with E-state index >= 15 is 0 Å². The first kappa shape index (κ1) is 18.0. The van der Waals surface area contributed by atoms with E-state index in [-0.39, 0.29) is 11.6 Å². The van der Waals surface area contributed by atoms with Gasteiger partial charge in [-0.25, -0.2) is 0 Å². The predicted octanol–water partition coefficient (Wildman–Crippen LogP) is 2.72. The van der Waals surface area contributed by atoms with E-state index in [4.69, 9.17) is 23.2 Å². The zero-order chi connectivity index (χ0) is 16.0. The zero-order valence-corrected chi connectivity index (χ0v) is 12.1. The standard InChI is InChI=1S/C12H12Cl2F3NO3/c13-7-1-2-8(9(14)3-7)10(19)4-18-11(20)5-21-6-12(15,16)17/h1-3,10,19H,4-6H2,(H,18,20)/t10-/m1/s1. The summed E-state index contributed by atoms with van der Waals surface area (Å²) in [5.41, 5.74) is 0.345. The second-order valence-corrected chi connectivity index (χ2v) is 4.94. The first-order valence-electron chi connectivity index (χ1n) is 5.73. The molecular formula is C12H12Cl2F3NO3. The third-order valence-electron chi connectivity index (χ3n) is 2.31. The van der Waals surface area contributed by atoms with Crippen molar-refractivity contribution < 1.29 is 27.8 Å². The van der Waals surface area contributed by atoms with Crippen molar-refractivity contribution in [2.75, 3.05) is 19.8 Å². The van der Waals surface area contributed by atoms with Crippen LogP contribution in [-0.4, -0.2) is 36.9 Å². The fraction of sp³-hybridized carbons (Fsp3) is 0.417. The molecule has 1 atom stereocenters. The zero-order valence-electron chi connectivity index (χ0n) is 10.6. The number of ether oxygens (including phenoxy) is 1. The number of nitrogens with one attached hydrogen (secondary N) is 1.